The Hall–Kier alpha value is -2.93. The third-order valence-corrected chi connectivity index (χ3v) is 3.92. The number of Topliss-reactive ketones (excluding diaryl/α,β-unsaturated/α-hetero) is 1. The van der Waals surface area contributed by atoms with E-state index in [1.807, 2.05) is 0 Å². The van der Waals surface area contributed by atoms with Gasteiger partial charge in [0, 0.05) is 30.7 Å². The molecule has 0 amide bonds. The van der Waals surface area contributed by atoms with Gasteiger partial charge in [0.15, 0.2) is 6.10 Å². The van der Waals surface area contributed by atoms with Gasteiger partial charge in [-0.05, 0) is 43.3 Å². The van der Waals surface area contributed by atoms with E-state index in [-0.39, 0.29) is 11.3 Å². The Morgan fingerprint density at radius 2 is 1.69 bits per heavy atom. The third kappa shape index (κ3) is 4.37. The van der Waals surface area contributed by atoms with Crippen LogP contribution in [0.5, 0.6) is 0 Å². The van der Waals surface area contributed by atoms with Crippen molar-refractivity contribution in [2.75, 3.05) is 19.0 Å². The summed E-state index contributed by atoms with van der Waals surface area (Å²) in [7, 11) is 3.32. The number of hydrogen-bond acceptors (Lipinski definition) is 6. The molecule has 7 nitrogen and oxygen atoms in total. The van der Waals surface area contributed by atoms with Crippen LogP contribution in [-0.2, 0) is 4.74 Å². The first kappa shape index (κ1) is 19.4. The summed E-state index contributed by atoms with van der Waals surface area (Å²) in [6, 6.07) is 10.2. The van der Waals surface area contributed by atoms with Gasteiger partial charge in [-0.2, -0.15) is 0 Å². The van der Waals surface area contributed by atoms with Gasteiger partial charge < -0.3 is 9.64 Å². The lowest BCUT2D eigenvalue weighted by molar-refractivity contribution is -0.384. The number of nitrogens with zero attached hydrogens (tertiary/aromatic N) is 2. The van der Waals surface area contributed by atoms with E-state index >= 15 is 0 Å². The second kappa shape index (κ2) is 7.97. The zero-order valence-electron chi connectivity index (χ0n) is 14.4. The second-order valence-corrected chi connectivity index (χ2v) is 6.21. The van der Waals surface area contributed by atoms with E-state index in [1.54, 1.807) is 31.1 Å². The van der Waals surface area contributed by atoms with Crippen LogP contribution in [0.3, 0.4) is 0 Å². The molecule has 8 heteroatoms. The molecule has 0 spiro atoms. The molecule has 2 aromatic rings. The van der Waals surface area contributed by atoms with Crippen molar-refractivity contribution in [3.8, 4) is 0 Å². The Morgan fingerprint density at radius 1 is 1.12 bits per heavy atom. The highest BCUT2D eigenvalue weighted by Gasteiger charge is 2.23. The minimum atomic E-state index is -1.05. The molecular formula is C18H17ClN2O5. The van der Waals surface area contributed by atoms with Crippen molar-refractivity contribution < 1.29 is 19.2 Å². The average Bonchev–Trinajstić information content (AvgIpc) is 2.60. The molecule has 0 unspecified atom stereocenters. The van der Waals surface area contributed by atoms with Gasteiger partial charge in [-0.1, -0.05) is 11.6 Å². The SMILES string of the molecule is C[C@H](OC(=O)c1ccc(N(C)C)c([N+](=O)[O-])c1)C(=O)c1ccc(Cl)cc1. The lowest BCUT2D eigenvalue weighted by Gasteiger charge is -2.15. The summed E-state index contributed by atoms with van der Waals surface area (Å²) in [4.78, 5) is 36.8. The Kier molecular flexibility index (Phi) is 5.94. The number of rotatable bonds is 6. The highest BCUT2D eigenvalue weighted by Crippen LogP contribution is 2.28. The molecule has 26 heavy (non-hydrogen) atoms. The molecule has 0 aromatic heterocycles. The molecule has 0 bridgehead atoms. The summed E-state index contributed by atoms with van der Waals surface area (Å²) < 4.78 is 5.16. The highest BCUT2D eigenvalue weighted by molar-refractivity contribution is 6.30. The van der Waals surface area contributed by atoms with Crippen LogP contribution in [0.15, 0.2) is 42.5 Å². The number of esters is 1. The minimum Gasteiger partial charge on any atom is -0.451 e. The van der Waals surface area contributed by atoms with Crippen LogP contribution >= 0.6 is 11.6 Å². The molecule has 2 rings (SSSR count). The van der Waals surface area contributed by atoms with Crippen LogP contribution in [0.2, 0.25) is 5.02 Å². The maximum Gasteiger partial charge on any atom is 0.339 e. The van der Waals surface area contributed by atoms with Gasteiger partial charge in [0.25, 0.3) is 5.69 Å². The Morgan fingerprint density at radius 3 is 2.23 bits per heavy atom. The van der Waals surface area contributed by atoms with Crippen molar-refractivity contribution in [1.82, 2.24) is 0 Å². The summed E-state index contributed by atoms with van der Waals surface area (Å²) >= 11 is 5.78. The number of halogens is 1. The quantitative estimate of drug-likeness (QED) is 0.330. The normalized spacial score (nSPS) is 11.5. The van der Waals surface area contributed by atoms with Crippen LogP contribution < -0.4 is 4.90 Å². The van der Waals surface area contributed by atoms with Crippen molar-refractivity contribution in [2.45, 2.75) is 13.0 Å². The van der Waals surface area contributed by atoms with Crippen molar-refractivity contribution in [3.05, 3.63) is 68.7 Å². The topological polar surface area (TPSA) is 89.8 Å². The molecule has 2 aromatic carbocycles. The van der Waals surface area contributed by atoms with Gasteiger partial charge >= 0.3 is 5.97 Å². The molecule has 136 valence electrons. The predicted octanol–water partition coefficient (Wildman–Crippen LogP) is 3.74. The van der Waals surface area contributed by atoms with E-state index in [0.29, 0.717) is 16.3 Å². The van der Waals surface area contributed by atoms with E-state index in [1.165, 1.54) is 31.2 Å². The second-order valence-electron chi connectivity index (χ2n) is 5.77. The molecule has 0 saturated carbocycles. The Labute approximate surface area is 155 Å². The molecule has 1 atom stereocenters. The number of benzene rings is 2. The molecule has 0 heterocycles. The lowest BCUT2D eigenvalue weighted by atomic mass is 10.1. The standard InChI is InChI=1S/C18H17ClN2O5/c1-11(17(22)12-4-7-14(19)8-5-12)26-18(23)13-6-9-15(20(2)3)16(10-13)21(24)25/h4-11H,1-3H3/t11-/m0/s1. The number of carbonyl (C=O) groups excluding carboxylic acids is 2. The minimum absolute atomic E-state index is 0.00180. The van der Waals surface area contributed by atoms with Crippen molar-refractivity contribution in [3.63, 3.8) is 0 Å². The summed E-state index contributed by atoms with van der Waals surface area (Å²) in [5, 5.41) is 11.7. The zero-order chi connectivity index (χ0) is 19.4. The lowest BCUT2D eigenvalue weighted by Crippen LogP contribution is -2.24. The number of nitro benzene ring substituents is 1. The number of hydrogen-bond donors (Lipinski definition) is 0. The number of nitro groups is 1. The zero-order valence-corrected chi connectivity index (χ0v) is 15.2. The Bertz CT molecular complexity index is 849. The first-order valence-electron chi connectivity index (χ1n) is 7.67. The van der Waals surface area contributed by atoms with Crippen LogP contribution in [-0.4, -0.2) is 36.9 Å². The fourth-order valence-electron chi connectivity index (χ4n) is 2.31. The monoisotopic (exact) mass is 376 g/mol. The van der Waals surface area contributed by atoms with Crippen molar-refractivity contribution in [1.29, 1.82) is 0 Å². The average molecular weight is 377 g/mol. The van der Waals surface area contributed by atoms with Gasteiger partial charge in [0.2, 0.25) is 5.78 Å². The van der Waals surface area contributed by atoms with Crippen molar-refractivity contribution >= 4 is 34.7 Å². The Balaban J connectivity index is 2.18. The summed E-state index contributed by atoms with van der Waals surface area (Å²) in [6.07, 6.45) is -1.05. The van der Waals surface area contributed by atoms with E-state index in [9.17, 15) is 19.7 Å². The van der Waals surface area contributed by atoms with E-state index < -0.39 is 22.8 Å². The van der Waals surface area contributed by atoms with Crippen LogP contribution in [0.1, 0.15) is 27.6 Å². The maximum absolute atomic E-state index is 12.3. The van der Waals surface area contributed by atoms with Gasteiger partial charge in [-0.15, -0.1) is 0 Å². The molecule has 0 aliphatic carbocycles. The number of carbonyl (C=O) groups is 2. The predicted molar refractivity (Wildman–Crippen MR) is 98.1 cm³/mol. The van der Waals surface area contributed by atoms with Gasteiger partial charge in [0.05, 0.1) is 10.5 Å². The third-order valence-electron chi connectivity index (χ3n) is 3.67. The largest absolute Gasteiger partial charge is 0.451 e. The molecule has 0 aliphatic heterocycles. The van der Waals surface area contributed by atoms with Gasteiger partial charge in [-0.25, -0.2) is 4.79 Å². The fourth-order valence-corrected chi connectivity index (χ4v) is 2.43. The number of ketones is 1. The van der Waals surface area contributed by atoms with Crippen LogP contribution in [0, 0.1) is 10.1 Å². The highest BCUT2D eigenvalue weighted by atomic mass is 35.5. The molecule has 0 aliphatic rings. The molecule has 0 fully saturated rings. The molecule has 0 N–H and O–H groups in total. The molecule has 0 radical (unpaired) electrons. The molecule has 0 saturated heterocycles. The first-order valence-corrected chi connectivity index (χ1v) is 8.05. The maximum atomic E-state index is 12.3. The smallest absolute Gasteiger partial charge is 0.339 e. The molecular weight excluding hydrogens is 360 g/mol. The number of ether oxygens (including phenoxy) is 1. The van der Waals surface area contributed by atoms with Crippen LogP contribution in [0.25, 0.3) is 0 Å². The van der Waals surface area contributed by atoms with Gasteiger partial charge in [0.1, 0.15) is 5.69 Å². The van der Waals surface area contributed by atoms with E-state index in [4.69, 9.17) is 16.3 Å². The summed E-state index contributed by atoms with van der Waals surface area (Å²) in [6.45, 7) is 1.44. The fraction of sp³-hybridized carbons (Fsp3) is 0.222. The van der Waals surface area contributed by atoms with E-state index in [2.05, 4.69) is 0 Å². The van der Waals surface area contributed by atoms with E-state index in [0.717, 1.165) is 6.07 Å². The summed E-state index contributed by atoms with van der Waals surface area (Å²) in [5.41, 5.74) is 0.486. The van der Waals surface area contributed by atoms with Crippen molar-refractivity contribution in [2.24, 2.45) is 0 Å². The first-order chi connectivity index (χ1) is 12.2. The summed E-state index contributed by atoms with van der Waals surface area (Å²) in [5.74, 6) is -1.21. The van der Waals surface area contributed by atoms with Gasteiger partial charge in [-0.3, -0.25) is 14.9 Å². The van der Waals surface area contributed by atoms with Crippen LogP contribution in [0.4, 0.5) is 11.4 Å². The number of anilines is 1.